The van der Waals surface area contributed by atoms with Gasteiger partial charge in [-0.2, -0.15) is 0 Å². The standard InChI is InChI=1S/C15H17BrFN3O2S2/c1-20-14(6-10-4-5-24(21,22)9-10)18-19-15(20)23-8-11-7-12(16)2-3-13(11)17/h2-3,7,10H,4-6,8-9H2,1H3. The first-order valence-corrected chi connectivity index (χ1v) is 11.1. The SMILES string of the molecule is Cn1c(CC2CCS(=O)(=O)C2)nnc1SCc1cc(Br)ccc1F. The highest BCUT2D eigenvalue weighted by atomic mass is 79.9. The molecule has 2 heterocycles. The van der Waals surface area contributed by atoms with E-state index in [1.165, 1.54) is 17.8 Å². The molecule has 0 N–H and O–H groups in total. The molecule has 130 valence electrons. The average molecular weight is 434 g/mol. The lowest BCUT2D eigenvalue weighted by Crippen LogP contribution is -2.11. The summed E-state index contributed by atoms with van der Waals surface area (Å²) in [5.41, 5.74) is 0.598. The number of hydrogen-bond donors (Lipinski definition) is 0. The van der Waals surface area contributed by atoms with Crippen LogP contribution in [0.2, 0.25) is 0 Å². The maximum atomic E-state index is 13.8. The van der Waals surface area contributed by atoms with Gasteiger partial charge in [0.1, 0.15) is 11.6 Å². The van der Waals surface area contributed by atoms with Crippen LogP contribution in [0.15, 0.2) is 27.8 Å². The van der Waals surface area contributed by atoms with Crippen LogP contribution in [0.25, 0.3) is 0 Å². The highest BCUT2D eigenvalue weighted by Gasteiger charge is 2.29. The van der Waals surface area contributed by atoms with Gasteiger partial charge in [0.2, 0.25) is 0 Å². The number of benzene rings is 1. The summed E-state index contributed by atoms with van der Waals surface area (Å²) in [4.78, 5) is 0. The van der Waals surface area contributed by atoms with Crippen LogP contribution in [0.1, 0.15) is 17.8 Å². The molecule has 0 amide bonds. The first kappa shape index (κ1) is 17.9. The molecule has 5 nitrogen and oxygen atoms in total. The molecule has 1 aliphatic heterocycles. The number of halogens is 2. The Labute approximate surface area is 153 Å². The molecule has 1 aliphatic rings. The summed E-state index contributed by atoms with van der Waals surface area (Å²) >= 11 is 4.75. The Morgan fingerprint density at radius 1 is 1.42 bits per heavy atom. The van der Waals surface area contributed by atoms with E-state index in [1.807, 2.05) is 11.6 Å². The van der Waals surface area contributed by atoms with E-state index in [9.17, 15) is 12.8 Å². The Balaban J connectivity index is 1.66. The van der Waals surface area contributed by atoms with Crippen molar-refractivity contribution in [3.05, 3.63) is 39.9 Å². The number of sulfone groups is 1. The van der Waals surface area contributed by atoms with E-state index in [-0.39, 0.29) is 23.2 Å². The topological polar surface area (TPSA) is 64.8 Å². The van der Waals surface area contributed by atoms with Gasteiger partial charge >= 0.3 is 0 Å². The minimum absolute atomic E-state index is 0.110. The quantitative estimate of drug-likeness (QED) is 0.678. The van der Waals surface area contributed by atoms with Gasteiger partial charge in [-0.3, -0.25) is 0 Å². The van der Waals surface area contributed by atoms with Gasteiger partial charge in [0.25, 0.3) is 0 Å². The van der Waals surface area contributed by atoms with Gasteiger partial charge in [0.15, 0.2) is 15.0 Å². The molecule has 1 unspecified atom stereocenters. The summed E-state index contributed by atoms with van der Waals surface area (Å²) in [6.45, 7) is 0. The van der Waals surface area contributed by atoms with Gasteiger partial charge in [0.05, 0.1) is 11.5 Å². The summed E-state index contributed by atoms with van der Waals surface area (Å²) in [6.07, 6.45) is 1.29. The molecule has 0 spiro atoms. The molecule has 0 saturated carbocycles. The molecule has 1 aromatic heterocycles. The van der Waals surface area contributed by atoms with Crippen LogP contribution in [0.4, 0.5) is 4.39 Å². The summed E-state index contributed by atoms with van der Waals surface area (Å²) in [6, 6.07) is 4.85. The summed E-state index contributed by atoms with van der Waals surface area (Å²) in [7, 11) is -1.03. The normalized spacial score (nSPS) is 19.7. The van der Waals surface area contributed by atoms with Gasteiger partial charge < -0.3 is 4.57 Å². The molecule has 9 heteroatoms. The fourth-order valence-electron chi connectivity index (χ4n) is 2.74. The maximum Gasteiger partial charge on any atom is 0.191 e. The highest BCUT2D eigenvalue weighted by molar-refractivity contribution is 9.10. The van der Waals surface area contributed by atoms with Gasteiger partial charge in [-0.1, -0.05) is 27.7 Å². The van der Waals surface area contributed by atoms with Gasteiger partial charge in [-0.05, 0) is 36.1 Å². The van der Waals surface area contributed by atoms with Crippen molar-refractivity contribution in [2.75, 3.05) is 11.5 Å². The van der Waals surface area contributed by atoms with E-state index >= 15 is 0 Å². The Bertz CT molecular complexity index is 854. The van der Waals surface area contributed by atoms with Gasteiger partial charge in [-0.15, -0.1) is 10.2 Å². The monoisotopic (exact) mass is 433 g/mol. The van der Waals surface area contributed by atoms with Crippen LogP contribution in [-0.2, 0) is 29.1 Å². The summed E-state index contributed by atoms with van der Waals surface area (Å²) in [5.74, 6) is 1.58. The van der Waals surface area contributed by atoms with Crippen LogP contribution >= 0.6 is 27.7 Å². The van der Waals surface area contributed by atoms with Crippen molar-refractivity contribution in [2.45, 2.75) is 23.8 Å². The minimum atomic E-state index is -2.89. The molecule has 0 aliphatic carbocycles. The van der Waals surface area contributed by atoms with Crippen molar-refractivity contribution in [1.29, 1.82) is 0 Å². The minimum Gasteiger partial charge on any atom is -0.309 e. The van der Waals surface area contributed by atoms with Crippen LogP contribution in [0, 0.1) is 11.7 Å². The third kappa shape index (κ3) is 4.18. The number of hydrogen-bond acceptors (Lipinski definition) is 5. The zero-order chi connectivity index (χ0) is 17.3. The third-order valence-corrected chi connectivity index (χ3v) is 7.49. The average Bonchev–Trinajstić information content (AvgIpc) is 3.04. The molecular weight excluding hydrogens is 417 g/mol. The van der Waals surface area contributed by atoms with E-state index in [0.29, 0.717) is 29.3 Å². The summed E-state index contributed by atoms with van der Waals surface area (Å²) < 4.78 is 39.6. The molecule has 0 bridgehead atoms. The molecule has 24 heavy (non-hydrogen) atoms. The van der Waals surface area contributed by atoms with Crippen LogP contribution in [-0.4, -0.2) is 34.7 Å². The lowest BCUT2D eigenvalue weighted by Gasteiger charge is -2.08. The number of nitrogens with zero attached hydrogens (tertiary/aromatic N) is 3. The van der Waals surface area contributed by atoms with E-state index < -0.39 is 9.84 Å². The first-order chi connectivity index (χ1) is 11.3. The lowest BCUT2D eigenvalue weighted by atomic mass is 10.1. The van der Waals surface area contributed by atoms with Crippen molar-refractivity contribution in [3.8, 4) is 0 Å². The second kappa shape index (κ2) is 7.13. The Kier molecular flexibility index (Phi) is 5.31. The van der Waals surface area contributed by atoms with Crippen LogP contribution in [0.5, 0.6) is 0 Å². The van der Waals surface area contributed by atoms with E-state index in [2.05, 4.69) is 26.1 Å². The molecule has 2 aromatic rings. The van der Waals surface area contributed by atoms with Crippen molar-refractivity contribution in [3.63, 3.8) is 0 Å². The van der Waals surface area contributed by atoms with E-state index in [1.54, 1.807) is 12.1 Å². The second-order valence-corrected chi connectivity index (χ2v) is 10.0. The molecule has 1 atom stereocenters. The number of aromatic nitrogens is 3. The predicted molar refractivity (Wildman–Crippen MR) is 95.1 cm³/mol. The first-order valence-electron chi connectivity index (χ1n) is 7.49. The Morgan fingerprint density at radius 3 is 2.92 bits per heavy atom. The Hall–Kier alpha value is -0.930. The van der Waals surface area contributed by atoms with Crippen molar-refractivity contribution < 1.29 is 12.8 Å². The fraction of sp³-hybridized carbons (Fsp3) is 0.467. The van der Waals surface area contributed by atoms with Crippen LogP contribution in [0.3, 0.4) is 0 Å². The van der Waals surface area contributed by atoms with Crippen LogP contribution < -0.4 is 0 Å². The number of rotatable bonds is 5. The predicted octanol–water partition coefficient (Wildman–Crippen LogP) is 2.99. The summed E-state index contributed by atoms with van der Waals surface area (Å²) in [5, 5.41) is 9.03. The molecule has 1 saturated heterocycles. The second-order valence-electron chi connectivity index (χ2n) is 5.96. The van der Waals surface area contributed by atoms with Crippen molar-refractivity contribution >= 4 is 37.5 Å². The van der Waals surface area contributed by atoms with Gasteiger partial charge in [0, 0.05) is 23.7 Å². The van der Waals surface area contributed by atoms with Crippen molar-refractivity contribution in [1.82, 2.24) is 14.8 Å². The highest BCUT2D eigenvalue weighted by Crippen LogP contribution is 2.27. The molecule has 1 fully saturated rings. The Morgan fingerprint density at radius 2 is 2.21 bits per heavy atom. The van der Waals surface area contributed by atoms with E-state index in [0.717, 1.165) is 10.3 Å². The van der Waals surface area contributed by atoms with Crippen molar-refractivity contribution in [2.24, 2.45) is 13.0 Å². The molecule has 1 aromatic carbocycles. The maximum absolute atomic E-state index is 13.8. The largest absolute Gasteiger partial charge is 0.309 e. The zero-order valence-electron chi connectivity index (χ0n) is 13.1. The smallest absolute Gasteiger partial charge is 0.191 e. The van der Waals surface area contributed by atoms with Gasteiger partial charge in [-0.25, -0.2) is 12.8 Å². The third-order valence-electron chi connectivity index (χ3n) is 4.09. The van der Waals surface area contributed by atoms with E-state index in [4.69, 9.17) is 0 Å². The molecule has 3 rings (SSSR count). The lowest BCUT2D eigenvalue weighted by molar-refractivity contribution is 0.552. The molecule has 0 radical (unpaired) electrons. The zero-order valence-corrected chi connectivity index (χ0v) is 16.3. The number of thioether (sulfide) groups is 1. The fourth-order valence-corrected chi connectivity index (χ4v) is 5.91. The molecular formula is C15H17BrFN3O2S2.